The Labute approximate surface area is 175 Å². The lowest BCUT2D eigenvalue weighted by molar-refractivity contribution is -0.140. The minimum atomic E-state index is -0.648. The SMILES string of the molecule is COC(=O)C1=C(C(=O)OC)N(c2cccc3c2CN(C2CCCCC2)C3=O)COC1. The second-order valence-electron chi connectivity index (χ2n) is 7.74. The van der Waals surface area contributed by atoms with Gasteiger partial charge in [0.15, 0.2) is 0 Å². The summed E-state index contributed by atoms with van der Waals surface area (Å²) in [5.41, 5.74) is 2.33. The summed E-state index contributed by atoms with van der Waals surface area (Å²) in [5, 5.41) is 0. The van der Waals surface area contributed by atoms with Crippen LogP contribution < -0.4 is 4.90 Å². The summed E-state index contributed by atoms with van der Waals surface area (Å²) in [7, 11) is 2.52. The molecular weight excluding hydrogens is 388 g/mol. The standard InChI is InChI=1S/C22H26N2O6/c1-28-21(26)17-12-30-13-24(19(17)22(27)29-2)18-10-6-9-15-16(18)11-23(20(15)25)14-7-4-3-5-8-14/h6,9-10,14H,3-5,7-8,11-13H2,1-2H3. The summed E-state index contributed by atoms with van der Waals surface area (Å²) in [6.07, 6.45) is 5.51. The molecule has 1 aromatic carbocycles. The molecule has 1 aliphatic carbocycles. The van der Waals surface area contributed by atoms with E-state index in [0.29, 0.717) is 17.8 Å². The van der Waals surface area contributed by atoms with Crippen LogP contribution in [0.3, 0.4) is 0 Å². The van der Waals surface area contributed by atoms with Gasteiger partial charge in [-0.05, 0) is 25.0 Å². The van der Waals surface area contributed by atoms with Crippen molar-refractivity contribution in [2.45, 2.75) is 44.7 Å². The number of hydrogen-bond donors (Lipinski definition) is 0. The van der Waals surface area contributed by atoms with Crippen molar-refractivity contribution in [2.24, 2.45) is 0 Å². The van der Waals surface area contributed by atoms with Gasteiger partial charge in [0.1, 0.15) is 12.4 Å². The minimum Gasteiger partial charge on any atom is -0.466 e. The van der Waals surface area contributed by atoms with E-state index in [1.165, 1.54) is 20.6 Å². The van der Waals surface area contributed by atoms with E-state index in [2.05, 4.69) is 0 Å². The molecule has 8 nitrogen and oxygen atoms in total. The van der Waals surface area contributed by atoms with Crippen LogP contribution in [-0.4, -0.2) is 56.3 Å². The monoisotopic (exact) mass is 414 g/mol. The van der Waals surface area contributed by atoms with E-state index in [0.717, 1.165) is 31.2 Å². The van der Waals surface area contributed by atoms with Crippen LogP contribution in [0.1, 0.15) is 48.0 Å². The third-order valence-electron chi connectivity index (χ3n) is 6.11. The van der Waals surface area contributed by atoms with Gasteiger partial charge in [-0.25, -0.2) is 9.59 Å². The number of amides is 1. The van der Waals surface area contributed by atoms with E-state index in [1.807, 2.05) is 17.0 Å². The van der Waals surface area contributed by atoms with Crippen molar-refractivity contribution in [3.8, 4) is 0 Å². The molecule has 3 aliphatic rings. The van der Waals surface area contributed by atoms with Gasteiger partial charge in [-0.1, -0.05) is 25.3 Å². The number of hydrogen-bond acceptors (Lipinski definition) is 7. The Bertz CT molecular complexity index is 903. The van der Waals surface area contributed by atoms with Crippen LogP contribution in [0.15, 0.2) is 29.5 Å². The normalized spacial score (nSPS) is 19.7. The molecule has 160 valence electrons. The van der Waals surface area contributed by atoms with Gasteiger partial charge in [0.2, 0.25) is 0 Å². The van der Waals surface area contributed by atoms with Crippen LogP contribution >= 0.6 is 0 Å². The maximum atomic E-state index is 13.1. The number of methoxy groups -OCH3 is 2. The van der Waals surface area contributed by atoms with E-state index in [1.54, 1.807) is 11.0 Å². The quantitative estimate of drug-likeness (QED) is 0.699. The molecule has 2 aliphatic heterocycles. The Hall–Kier alpha value is -2.87. The molecule has 1 amide bonds. The van der Waals surface area contributed by atoms with Crippen molar-refractivity contribution in [1.29, 1.82) is 0 Å². The van der Waals surface area contributed by atoms with Crippen molar-refractivity contribution in [3.63, 3.8) is 0 Å². The number of esters is 2. The Morgan fingerprint density at radius 2 is 1.80 bits per heavy atom. The number of ether oxygens (including phenoxy) is 3. The highest BCUT2D eigenvalue weighted by atomic mass is 16.5. The molecule has 30 heavy (non-hydrogen) atoms. The second-order valence-corrected chi connectivity index (χ2v) is 7.74. The highest BCUT2D eigenvalue weighted by molar-refractivity contribution is 6.05. The van der Waals surface area contributed by atoms with Gasteiger partial charge in [0.05, 0.1) is 26.4 Å². The zero-order chi connectivity index (χ0) is 21.3. The van der Waals surface area contributed by atoms with E-state index < -0.39 is 11.9 Å². The van der Waals surface area contributed by atoms with Crippen LogP contribution in [0, 0.1) is 0 Å². The Balaban J connectivity index is 1.74. The van der Waals surface area contributed by atoms with Crippen molar-refractivity contribution in [3.05, 3.63) is 40.6 Å². The first-order valence-electron chi connectivity index (χ1n) is 10.2. The highest BCUT2D eigenvalue weighted by Gasteiger charge is 2.38. The number of fused-ring (bicyclic) bond motifs is 1. The van der Waals surface area contributed by atoms with Crippen molar-refractivity contribution in [2.75, 3.05) is 32.5 Å². The van der Waals surface area contributed by atoms with Gasteiger partial charge in [-0.3, -0.25) is 4.79 Å². The van der Waals surface area contributed by atoms with Crippen molar-refractivity contribution in [1.82, 2.24) is 4.90 Å². The molecule has 0 spiro atoms. The number of anilines is 1. The summed E-state index contributed by atoms with van der Waals surface area (Å²) in [5.74, 6) is -1.27. The maximum Gasteiger partial charge on any atom is 0.355 e. The van der Waals surface area contributed by atoms with Gasteiger partial charge in [-0.15, -0.1) is 0 Å². The fourth-order valence-corrected chi connectivity index (χ4v) is 4.61. The molecule has 1 fully saturated rings. The second kappa shape index (κ2) is 8.47. The molecule has 8 heteroatoms. The van der Waals surface area contributed by atoms with Gasteiger partial charge in [0.25, 0.3) is 5.91 Å². The van der Waals surface area contributed by atoms with Gasteiger partial charge in [-0.2, -0.15) is 0 Å². The first-order valence-corrected chi connectivity index (χ1v) is 10.2. The number of rotatable bonds is 4. The number of carbonyl (C=O) groups is 3. The number of carbonyl (C=O) groups excluding carboxylic acids is 3. The zero-order valence-corrected chi connectivity index (χ0v) is 17.3. The Morgan fingerprint density at radius 1 is 1.07 bits per heavy atom. The summed E-state index contributed by atoms with van der Waals surface area (Å²) in [4.78, 5) is 41.5. The van der Waals surface area contributed by atoms with Gasteiger partial charge in [0, 0.05) is 29.4 Å². The van der Waals surface area contributed by atoms with E-state index in [4.69, 9.17) is 14.2 Å². The molecule has 1 aromatic rings. The summed E-state index contributed by atoms with van der Waals surface area (Å²) in [6.45, 7) is 0.502. The molecule has 0 N–H and O–H groups in total. The van der Waals surface area contributed by atoms with Crippen molar-refractivity contribution >= 4 is 23.5 Å². The first-order chi connectivity index (χ1) is 14.6. The number of benzene rings is 1. The largest absolute Gasteiger partial charge is 0.466 e. The van der Waals surface area contributed by atoms with Crippen LogP contribution in [0.5, 0.6) is 0 Å². The minimum absolute atomic E-state index is 0.0217. The predicted molar refractivity (Wildman–Crippen MR) is 108 cm³/mol. The van der Waals surface area contributed by atoms with Crippen LogP contribution in [0.4, 0.5) is 5.69 Å². The average molecular weight is 414 g/mol. The molecule has 0 saturated heterocycles. The lowest BCUT2D eigenvalue weighted by atomic mass is 9.94. The molecular formula is C22H26N2O6. The van der Waals surface area contributed by atoms with E-state index in [-0.39, 0.29) is 36.6 Å². The van der Waals surface area contributed by atoms with E-state index in [9.17, 15) is 14.4 Å². The van der Waals surface area contributed by atoms with Crippen LogP contribution in [-0.2, 0) is 30.3 Å². The Kier molecular flexibility index (Phi) is 5.76. The molecule has 4 rings (SSSR count). The molecule has 0 radical (unpaired) electrons. The number of nitrogens with zero attached hydrogens (tertiary/aromatic N) is 2. The first kappa shape index (κ1) is 20.4. The Morgan fingerprint density at radius 3 is 2.50 bits per heavy atom. The molecule has 1 saturated carbocycles. The third-order valence-corrected chi connectivity index (χ3v) is 6.11. The highest BCUT2D eigenvalue weighted by Crippen LogP contribution is 2.38. The third kappa shape index (κ3) is 3.45. The predicted octanol–water partition coefficient (Wildman–Crippen LogP) is 2.37. The molecule has 0 aromatic heterocycles. The van der Waals surface area contributed by atoms with E-state index >= 15 is 0 Å². The fraction of sp³-hybridized carbons (Fsp3) is 0.500. The van der Waals surface area contributed by atoms with Gasteiger partial charge < -0.3 is 24.0 Å². The lowest BCUT2D eigenvalue weighted by Gasteiger charge is -2.33. The van der Waals surface area contributed by atoms with Crippen LogP contribution in [0.2, 0.25) is 0 Å². The summed E-state index contributed by atoms with van der Waals surface area (Å²) >= 11 is 0. The molecule has 0 bridgehead atoms. The molecule has 2 heterocycles. The smallest absolute Gasteiger partial charge is 0.355 e. The summed E-state index contributed by atoms with van der Waals surface area (Å²) < 4.78 is 15.4. The lowest BCUT2D eigenvalue weighted by Crippen LogP contribution is -2.39. The molecule has 0 unspecified atom stereocenters. The maximum absolute atomic E-state index is 13.1. The van der Waals surface area contributed by atoms with Crippen molar-refractivity contribution < 1.29 is 28.6 Å². The zero-order valence-electron chi connectivity index (χ0n) is 17.3. The fourth-order valence-electron chi connectivity index (χ4n) is 4.61. The van der Waals surface area contributed by atoms with Crippen LogP contribution in [0.25, 0.3) is 0 Å². The average Bonchev–Trinajstić information content (AvgIpc) is 3.14. The van der Waals surface area contributed by atoms with Gasteiger partial charge >= 0.3 is 11.9 Å². The summed E-state index contributed by atoms with van der Waals surface area (Å²) in [6, 6.07) is 5.68. The molecule has 0 atom stereocenters. The topological polar surface area (TPSA) is 85.4 Å².